The van der Waals surface area contributed by atoms with Crippen molar-refractivity contribution in [1.82, 2.24) is 4.57 Å². The number of aliphatic hydroxyl groups is 1. The van der Waals surface area contributed by atoms with E-state index >= 15 is 0 Å². The molecule has 17 heavy (non-hydrogen) atoms. The summed E-state index contributed by atoms with van der Waals surface area (Å²) >= 11 is 0. The zero-order chi connectivity index (χ0) is 12.3. The lowest BCUT2D eigenvalue weighted by atomic mass is 10.1. The van der Waals surface area contributed by atoms with Crippen molar-refractivity contribution in [2.75, 3.05) is 0 Å². The van der Waals surface area contributed by atoms with E-state index in [2.05, 4.69) is 0 Å². The molecule has 1 aromatic heterocycles. The maximum Gasteiger partial charge on any atom is 0.337 e. The van der Waals surface area contributed by atoms with Crippen LogP contribution in [0.5, 0.6) is 0 Å². The van der Waals surface area contributed by atoms with Gasteiger partial charge in [-0.3, -0.25) is 0 Å². The van der Waals surface area contributed by atoms with Gasteiger partial charge in [0.25, 0.3) is 0 Å². The van der Waals surface area contributed by atoms with Crippen LogP contribution in [0.15, 0.2) is 42.7 Å². The fraction of sp³-hybridized carbons (Fsp3) is 0.154. The van der Waals surface area contributed by atoms with E-state index in [9.17, 15) is 4.79 Å². The Bertz CT molecular complexity index is 514. The Kier molecular flexibility index (Phi) is 3.25. The minimum atomic E-state index is -0.917. The number of carboxylic acids is 1. The summed E-state index contributed by atoms with van der Waals surface area (Å²) in [6.45, 7) is 0.659. The van der Waals surface area contributed by atoms with Crippen molar-refractivity contribution in [1.29, 1.82) is 0 Å². The molecule has 2 N–H and O–H groups in total. The van der Waals surface area contributed by atoms with Gasteiger partial charge < -0.3 is 14.8 Å². The van der Waals surface area contributed by atoms with E-state index in [0.29, 0.717) is 6.54 Å². The van der Waals surface area contributed by atoms with Gasteiger partial charge in [0.1, 0.15) is 0 Å². The molecule has 0 radical (unpaired) electrons. The van der Waals surface area contributed by atoms with Crippen molar-refractivity contribution in [2.24, 2.45) is 0 Å². The van der Waals surface area contributed by atoms with Crippen LogP contribution in [0.1, 0.15) is 21.5 Å². The molecule has 1 aromatic carbocycles. The number of carboxylic acid groups (broad SMARTS) is 1. The highest BCUT2D eigenvalue weighted by atomic mass is 16.4. The maximum absolute atomic E-state index is 10.7. The van der Waals surface area contributed by atoms with Crippen LogP contribution >= 0.6 is 0 Å². The van der Waals surface area contributed by atoms with E-state index in [1.165, 1.54) is 0 Å². The number of benzene rings is 1. The summed E-state index contributed by atoms with van der Waals surface area (Å²) in [5.74, 6) is -0.917. The fourth-order valence-corrected chi connectivity index (χ4v) is 1.63. The maximum atomic E-state index is 10.7. The molecule has 4 nitrogen and oxygen atoms in total. The second-order valence-electron chi connectivity index (χ2n) is 3.85. The van der Waals surface area contributed by atoms with Gasteiger partial charge in [-0.2, -0.15) is 0 Å². The zero-order valence-corrected chi connectivity index (χ0v) is 9.21. The molecule has 0 amide bonds. The molecular weight excluding hydrogens is 218 g/mol. The summed E-state index contributed by atoms with van der Waals surface area (Å²) in [5.41, 5.74) is 2.22. The van der Waals surface area contributed by atoms with Gasteiger partial charge in [-0.25, -0.2) is 4.79 Å². The van der Waals surface area contributed by atoms with Gasteiger partial charge in [0.2, 0.25) is 0 Å². The first kappa shape index (κ1) is 11.4. The third kappa shape index (κ3) is 2.73. The molecule has 2 rings (SSSR count). The molecule has 0 fully saturated rings. The molecular formula is C13H13NO3. The minimum Gasteiger partial charge on any atom is -0.478 e. The summed E-state index contributed by atoms with van der Waals surface area (Å²) in [7, 11) is 0. The average molecular weight is 231 g/mol. The molecule has 4 heteroatoms. The second kappa shape index (κ2) is 4.84. The van der Waals surface area contributed by atoms with E-state index < -0.39 is 5.97 Å². The average Bonchev–Trinajstić information content (AvgIpc) is 2.79. The summed E-state index contributed by atoms with van der Waals surface area (Å²) in [4.78, 5) is 10.7. The van der Waals surface area contributed by atoms with Crippen molar-refractivity contribution < 1.29 is 15.0 Å². The van der Waals surface area contributed by atoms with E-state index in [-0.39, 0.29) is 12.2 Å². The predicted molar refractivity (Wildman–Crippen MR) is 62.9 cm³/mol. The molecule has 0 saturated carbocycles. The first-order valence-electron chi connectivity index (χ1n) is 5.27. The highest BCUT2D eigenvalue weighted by Gasteiger charge is 2.04. The number of nitrogens with zero attached hydrogens (tertiary/aromatic N) is 1. The highest BCUT2D eigenvalue weighted by Crippen LogP contribution is 2.08. The van der Waals surface area contributed by atoms with Gasteiger partial charge in [0.15, 0.2) is 0 Å². The van der Waals surface area contributed by atoms with Crippen LogP contribution in [0.2, 0.25) is 0 Å². The standard InChI is InChI=1S/C13H13NO3/c15-9-11-3-1-10(2-4-11)7-14-6-5-12(8-14)13(16)17/h1-6,8,15H,7,9H2,(H,16,17). The third-order valence-corrected chi connectivity index (χ3v) is 2.57. The number of aromatic carboxylic acids is 1. The van der Waals surface area contributed by atoms with Crippen LogP contribution in [0, 0.1) is 0 Å². The molecule has 0 aliphatic carbocycles. The van der Waals surface area contributed by atoms with Crippen molar-refractivity contribution in [3.8, 4) is 0 Å². The van der Waals surface area contributed by atoms with Crippen LogP contribution in [0.3, 0.4) is 0 Å². The first-order valence-corrected chi connectivity index (χ1v) is 5.27. The number of carbonyl (C=O) groups is 1. The minimum absolute atomic E-state index is 0.0347. The number of aliphatic hydroxyl groups excluding tert-OH is 1. The van der Waals surface area contributed by atoms with Gasteiger partial charge in [0, 0.05) is 18.9 Å². The summed E-state index contributed by atoms with van der Waals surface area (Å²) in [5, 5.41) is 17.7. The Morgan fingerprint density at radius 1 is 1.12 bits per heavy atom. The van der Waals surface area contributed by atoms with Gasteiger partial charge >= 0.3 is 5.97 Å². The zero-order valence-electron chi connectivity index (χ0n) is 9.21. The largest absolute Gasteiger partial charge is 0.478 e. The smallest absolute Gasteiger partial charge is 0.337 e. The monoisotopic (exact) mass is 231 g/mol. The van der Waals surface area contributed by atoms with Gasteiger partial charge in [-0.05, 0) is 17.2 Å². The van der Waals surface area contributed by atoms with Gasteiger partial charge in [-0.15, -0.1) is 0 Å². The van der Waals surface area contributed by atoms with Crippen LogP contribution in [-0.2, 0) is 13.2 Å². The number of hydrogen-bond donors (Lipinski definition) is 2. The Morgan fingerprint density at radius 3 is 2.29 bits per heavy atom. The van der Waals surface area contributed by atoms with Crippen LogP contribution < -0.4 is 0 Å². The number of aromatic nitrogens is 1. The van der Waals surface area contributed by atoms with E-state index in [1.54, 1.807) is 18.5 Å². The topological polar surface area (TPSA) is 62.5 Å². The Morgan fingerprint density at radius 2 is 1.76 bits per heavy atom. The Labute approximate surface area is 98.8 Å². The van der Waals surface area contributed by atoms with Crippen molar-refractivity contribution in [3.63, 3.8) is 0 Å². The van der Waals surface area contributed by atoms with Crippen LogP contribution in [-0.4, -0.2) is 20.7 Å². The molecule has 2 aromatic rings. The highest BCUT2D eigenvalue weighted by molar-refractivity contribution is 5.87. The first-order chi connectivity index (χ1) is 8.19. The van der Waals surface area contributed by atoms with E-state index in [4.69, 9.17) is 10.2 Å². The summed E-state index contributed by atoms with van der Waals surface area (Å²) in [6, 6.07) is 9.14. The van der Waals surface area contributed by atoms with E-state index in [0.717, 1.165) is 11.1 Å². The lowest BCUT2D eigenvalue weighted by Gasteiger charge is -2.04. The number of hydrogen-bond acceptors (Lipinski definition) is 2. The molecule has 0 atom stereocenters. The van der Waals surface area contributed by atoms with E-state index in [1.807, 2.05) is 28.8 Å². The van der Waals surface area contributed by atoms with Crippen LogP contribution in [0.4, 0.5) is 0 Å². The Balaban J connectivity index is 2.11. The predicted octanol–water partition coefficient (Wildman–Crippen LogP) is 1.73. The molecule has 0 aliphatic heterocycles. The van der Waals surface area contributed by atoms with Crippen molar-refractivity contribution in [3.05, 3.63) is 59.4 Å². The molecule has 1 heterocycles. The normalized spacial score (nSPS) is 10.4. The van der Waals surface area contributed by atoms with Gasteiger partial charge in [0.05, 0.1) is 12.2 Å². The Hall–Kier alpha value is -2.07. The molecule has 0 spiro atoms. The lowest BCUT2D eigenvalue weighted by molar-refractivity contribution is 0.0697. The summed E-state index contributed by atoms with van der Waals surface area (Å²) in [6.07, 6.45) is 3.34. The van der Waals surface area contributed by atoms with Gasteiger partial charge in [-0.1, -0.05) is 24.3 Å². The second-order valence-corrected chi connectivity index (χ2v) is 3.85. The lowest BCUT2D eigenvalue weighted by Crippen LogP contribution is -1.98. The van der Waals surface area contributed by atoms with Crippen molar-refractivity contribution in [2.45, 2.75) is 13.2 Å². The number of rotatable bonds is 4. The quantitative estimate of drug-likeness (QED) is 0.842. The molecule has 0 unspecified atom stereocenters. The molecule has 0 aliphatic rings. The molecule has 88 valence electrons. The molecule has 0 saturated heterocycles. The van der Waals surface area contributed by atoms with Crippen molar-refractivity contribution >= 4 is 5.97 Å². The molecule has 0 bridgehead atoms. The summed E-state index contributed by atoms with van der Waals surface area (Å²) < 4.78 is 1.82. The third-order valence-electron chi connectivity index (χ3n) is 2.57. The SMILES string of the molecule is O=C(O)c1ccn(Cc2ccc(CO)cc2)c1. The van der Waals surface area contributed by atoms with Crippen LogP contribution in [0.25, 0.3) is 0 Å². The fourth-order valence-electron chi connectivity index (χ4n) is 1.63.